The quantitative estimate of drug-likeness (QED) is 0.111. The number of carbonyl (C=O) groups excluding carboxylic acids is 2. The van der Waals surface area contributed by atoms with Gasteiger partial charge in [-0.3, -0.25) is 9.59 Å². The molecule has 0 unspecified atom stereocenters. The Labute approximate surface area is 224 Å². The van der Waals surface area contributed by atoms with Crippen LogP contribution < -0.4 is 4.57 Å². The summed E-state index contributed by atoms with van der Waals surface area (Å²) in [6, 6.07) is 0. The number of Topliss-reactive ketones (excluding diaryl/α,β-unsaturated/α-hetero) is 1. The number of aromatic nitrogens is 2. The van der Waals surface area contributed by atoms with Gasteiger partial charge < -0.3 is 4.90 Å². The number of hydrogen-bond donors (Lipinski definition) is 0. The van der Waals surface area contributed by atoms with E-state index in [-0.39, 0.29) is 17.6 Å². The highest BCUT2D eigenvalue weighted by molar-refractivity contribution is 5.92. The molecule has 2 heterocycles. The maximum Gasteiger partial charge on any atom is 0.266 e. The van der Waals surface area contributed by atoms with Gasteiger partial charge in [0.1, 0.15) is 18.9 Å². The van der Waals surface area contributed by atoms with Gasteiger partial charge in [0.2, 0.25) is 11.7 Å². The predicted molar refractivity (Wildman–Crippen MR) is 152 cm³/mol. The lowest BCUT2D eigenvalue weighted by molar-refractivity contribution is -0.674. The summed E-state index contributed by atoms with van der Waals surface area (Å²) in [5, 5.41) is 0. The number of allylic oxidation sites excluding steroid dienone is 10. The van der Waals surface area contributed by atoms with Gasteiger partial charge in [0.15, 0.2) is 6.20 Å². The first-order chi connectivity index (χ1) is 18.0. The van der Waals surface area contributed by atoms with Crippen molar-refractivity contribution < 1.29 is 14.2 Å². The third kappa shape index (κ3) is 12.6. The molecule has 2 rings (SSSR count). The first-order valence-corrected chi connectivity index (χ1v) is 13.9. The van der Waals surface area contributed by atoms with Crippen LogP contribution in [0.4, 0.5) is 0 Å². The molecule has 1 amide bonds. The highest BCUT2D eigenvalue weighted by Gasteiger charge is 2.29. The maximum atomic E-state index is 12.7. The van der Waals surface area contributed by atoms with Crippen molar-refractivity contribution in [3.63, 3.8) is 0 Å². The molecule has 5 heteroatoms. The molecule has 37 heavy (non-hydrogen) atoms. The highest BCUT2D eigenvalue weighted by Crippen LogP contribution is 2.22. The molecule has 200 valence electrons. The third-order valence-corrected chi connectivity index (χ3v) is 6.47. The van der Waals surface area contributed by atoms with Crippen LogP contribution in [0.5, 0.6) is 0 Å². The Morgan fingerprint density at radius 1 is 0.973 bits per heavy atom. The Bertz CT molecular complexity index is 988. The molecular weight excluding hydrogens is 458 g/mol. The summed E-state index contributed by atoms with van der Waals surface area (Å²) in [4.78, 5) is 31.4. The average molecular weight is 505 g/mol. The molecule has 0 N–H and O–H groups in total. The summed E-state index contributed by atoms with van der Waals surface area (Å²) < 4.78 is 1.84. The molecule has 1 saturated heterocycles. The van der Waals surface area contributed by atoms with Crippen molar-refractivity contribution in [3.8, 4) is 0 Å². The molecule has 1 aromatic rings. The van der Waals surface area contributed by atoms with Gasteiger partial charge in [-0.05, 0) is 64.2 Å². The van der Waals surface area contributed by atoms with Crippen LogP contribution in [0.3, 0.4) is 0 Å². The van der Waals surface area contributed by atoms with Crippen LogP contribution in [0.2, 0.25) is 0 Å². The number of likely N-dealkylation sites (tertiary alicyclic amines) is 1. The number of nitrogens with zero attached hydrogens (tertiary/aromatic N) is 3. The molecule has 0 spiro atoms. The second kappa shape index (κ2) is 18.2. The van der Waals surface area contributed by atoms with Gasteiger partial charge >= 0.3 is 0 Å². The molecule has 0 radical (unpaired) electrons. The number of carbonyl (C=O) groups is 2. The Kier molecular flexibility index (Phi) is 14.8. The molecule has 1 aliphatic heterocycles. The van der Waals surface area contributed by atoms with E-state index in [2.05, 4.69) is 72.7 Å². The van der Waals surface area contributed by atoms with Crippen molar-refractivity contribution in [1.82, 2.24) is 9.88 Å². The molecule has 0 bridgehead atoms. The zero-order valence-electron chi connectivity index (χ0n) is 23.1. The lowest BCUT2D eigenvalue weighted by Crippen LogP contribution is -2.37. The molecule has 1 atom stereocenters. The second-order valence-corrected chi connectivity index (χ2v) is 9.75. The first-order valence-electron chi connectivity index (χ1n) is 13.9. The number of amides is 1. The average Bonchev–Trinajstić information content (AvgIpc) is 3.34. The molecule has 1 aliphatic rings. The lowest BCUT2D eigenvalue weighted by atomic mass is 10.0. The standard InChI is InChI=1S/C32H46N3O2/c1-4-5-6-7-8-9-10-11-12-13-14-15-16-17-18-19-20-21-32(37)35-23-22-29(27-35)24-31(36)30-25-33-28(2)26-34(30)3/h5-6,8-9,11-12,14-15,17-18,25-26,29H,4,7,10,13,16,19-24,27H2,1-3H3/q+1/b6-5-,9-8-,12-11-,15-14-,18-17-/t29-/m1/s1. The summed E-state index contributed by atoms with van der Waals surface area (Å²) in [7, 11) is 1.88. The van der Waals surface area contributed by atoms with Crippen LogP contribution >= 0.6 is 0 Å². The first kappa shape index (κ1) is 30.1. The van der Waals surface area contributed by atoms with E-state index in [0.717, 1.165) is 63.6 Å². The van der Waals surface area contributed by atoms with E-state index in [9.17, 15) is 9.59 Å². The largest absolute Gasteiger partial charge is 0.342 e. The minimum Gasteiger partial charge on any atom is -0.342 e. The van der Waals surface area contributed by atoms with Crippen molar-refractivity contribution in [1.29, 1.82) is 0 Å². The normalized spacial score (nSPS) is 16.5. The second-order valence-electron chi connectivity index (χ2n) is 9.75. The van der Waals surface area contributed by atoms with Crippen LogP contribution in [-0.4, -0.2) is 34.7 Å². The number of rotatable bonds is 16. The SMILES string of the molecule is CC/C=C\C/C=C\C/C=C\C/C=C\C/C=C\CCCC(=O)N1CC[C@H](CC(=O)c2cnc(C)c[n+]2C)C1. The van der Waals surface area contributed by atoms with E-state index in [1.165, 1.54) is 0 Å². The number of aryl methyl sites for hydroxylation is 2. The number of unbranched alkanes of at least 4 members (excludes halogenated alkanes) is 1. The molecule has 0 aliphatic carbocycles. The predicted octanol–water partition coefficient (Wildman–Crippen LogP) is 6.56. The van der Waals surface area contributed by atoms with E-state index < -0.39 is 0 Å². The fourth-order valence-corrected chi connectivity index (χ4v) is 4.40. The minimum absolute atomic E-state index is 0.104. The summed E-state index contributed by atoms with van der Waals surface area (Å²) in [5.41, 5.74) is 1.52. The zero-order valence-corrected chi connectivity index (χ0v) is 23.1. The van der Waals surface area contributed by atoms with E-state index in [4.69, 9.17) is 0 Å². The summed E-state index contributed by atoms with van der Waals surface area (Å²) in [6.07, 6.45) is 34.2. The van der Waals surface area contributed by atoms with Crippen molar-refractivity contribution in [3.05, 3.63) is 84.5 Å². The van der Waals surface area contributed by atoms with Gasteiger partial charge in [0, 0.05) is 25.9 Å². The van der Waals surface area contributed by atoms with Gasteiger partial charge in [0.25, 0.3) is 5.69 Å². The van der Waals surface area contributed by atoms with Gasteiger partial charge in [-0.15, -0.1) is 0 Å². The molecule has 1 aromatic heterocycles. The van der Waals surface area contributed by atoms with Gasteiger partial charge in [-0.2, -0.15) is 4.57 Å². The van der Waals surface area contributed by atoms with Crippen LogP contribution in [0, 0.1) is 12.8 Å². The summed E-state index contributed by atoms with van der Waals surface area (Å²) in [5.74, 6) is 0.557. The molecule has 5 nitrogen and oxygen atoms in total. The lowest BCUT2D eigenvalue weighted by Gasteiger charge is -2.16. The Morgan fingerprint density at radius 2 is 1.57 bits per heavy atom. The minimum atomic E-state index is 0.104. The van der Waals surface area contributed by atoms with Crippen molar-refractivity contribution >= 4 is 11.7 Å². The zero-order chi connectivity index (χ0) is 26.7. The van der Waals surface area contributed by atoms with Gasteiger partial charge in [-0.25, -0.2) is 4.98 Å². The van der Waals surface area contributed by atoms with Crippen molar-refractivity contribution in [2.75, 3.05) is 13.1 Å². The van der Waals surface area contributed by atoms with Crippen LogP contribution in [0.25, 0.3) is 0 Å². The van der Waals surface area contributed by atoms with Crippen LogP contribution in [0.15, 0.2) is 73.2 Å². The van der Waals surface area contributed by atoms with E-state index >= 15 is 0 Å². The number of hydrogen-bond acceptors (Lipinski definition) is 3. The molecular formula is C32H46N3O2+. The van der Waals surface area contributed by atoms with E-state index in [1.807, 2.05) is 29.6 Å². The highest BCUT2D eigenvalue weighted by atomic mass is 16.2. The van der Waals surface area contributed by atoms with E-state index in [1.54, 1.807) is 6.20 Å². The smallest absolute Gasteiger partial charge is 0.266 e. The monoisotopic (exact) mass is 504 g/mol. The van der Waals surface area contributed by atoms with Crippen LogP contribution in [0.1, 0.15) is 87.3 Å². The number of ketones is 1. The summed E-state index contributed by atoms with van der Waals surface area (Å²) >= 11 is 0. The van der Waals surface area contributed by atoms with E-state index in [0.29, 0.717) is 25.1 Å². The Hall–Kier alpha value is -3.08. The Morgan fingerprint density at radius 3 is 2.16 bits per heavy atom. The van der Waals surface area contributed by atoms with Gasteiger partial charge in [-0.1, -0.05) is 67.7 Å². The Balaban J connectivity index is 1.53. The molecule has 1 fully saturated rings. The summed E-state index contributed by atoms with van der Waals surface area (Å²) in [6.45, 7) is 5.51. The maximum absolute atomic E-state index is 12.7. The fourth-order valence-electron chi connectivity index (χ4n) is 4.40. The molecule has 0 saturated carbocycles. The fraction of sp³-hybridized carbons (Fsp3) is 0.500. The van der Waals surface area contributed by atoms with Crippen LogP contribution in [-0.2, 0) is 11.8 Å². The third-order valence-electron chi connectivity index (χ3n) is 6.47. The topological polar surface area (TPSA) is 54.2 Å². The van der Waals surface area contributed by atoms with Crippen molar-refractivity contribution in [2.24, 2.45) is 13.0 Å². The van der Waals surface area contributed by atoms with Gasteiger partial charge in [0.05, 0.1) is 0 Å². The molecule has 0 aromatic carbocycles. The van der Waals surface area contributed by atoms with Crippen molar-refractivity contribution in [2.45, 2.75) is 78.1 Å².